The van der Waals surface area contributed by atoms with Crippen LogP contribution in [0.1, 0.15) is 42.4 Å². The van der Waals surface area contributed by atoms with Crippen LogP contribution >= 0.6 is 23.2 Å². The van der Waals surface area contributed by atoms with Gasteiger partial charge in [0.25, 0.3) is 0 Å². The van der Waals surface area contributed by atoms with Gasteiger partial charge >= 0.3 is 5.97 Å². The second kappa shape index (κ2) is 11.9. The zero-order valence-electron chi connectivity index (χ0n) is 19.7. The first-order valence-electron chi connectivity index (χ1n) is 11.3. The molecule has 0 N–H and O–H groups in total. The predicted molar refractivity (Wildman–Crippen MR) is 137 cm³/mol. The predicted octanol–water partition coefficient (Wildman–Crippen LogP) is 6.16. The summed E-state index contributed by atoms with van der Waals surface area (Å²) in [5.74, 6) is 1.78. The fourth-order valence-corrected chi connectivity index (χ4v) is 3.89. The third kappa shape index (κ3) is 6.33. The average Bonchev–Trinajstić information content (AvgIpc) is 3.37. The van der Waals surface area contributed by atoms with Crippen molar-refractivity contribution >= 4 is 29.2 Å². The maximum Gasteiger partial charge on any atom is 0.343 e. The smallest absolute Gasteiger partial charge is 0.343 e. The molecule has 0 aliphatic rings. The molecule has 0 aliphatic heterocycles. The number of halogens is 2. The van der Waals surface area contributed by atoms with E-state index in [0.29, 0.717) is 30.9 Å². The Labute approximate surface area is 218 Å². The highest BCUT2D eigenvalue weighted by molar-refractivity contribution is 6.37. The first kappa shape index (κ1) is 25.5. The van der Waals surface area contributed by atoms with Gasteiger partial charge in [0.2, 0.25) is 0 Å². The van der Waals surface area contributed by atoms with Crippen LogP contribution in [0, 0.1) is 0 Å². The Morgan fingerprint density at radius 3 is 2.25 bits per heavy atom. The first-order valence-corrected chi connectivity index (χ1v) is 12.1. The molecule has 0 unspecified atom stereocenters. The highest BCUT2D eigenvalue weighted by Crippen LogP contribution is 2.37. The third-order valence-corrected chi connectivity index (χ3v) is 5.65. The summed E-state index contributed by atoms with van der Waals surface area (Å²) in [6.45, 7) is 4.85. The van der Waals surface area contributed by atoms with Crippen molar-refractivity contribution in [2.75, 3.05) is 13.2 Å². The van der Waals surface area contributed by atoms with Crippen LogP contribution in [0.2, 0.25) is 10.0 Å². The molecule has 186 valence electrons. The van der Waals surface area contributed by atoms with Crippen LogP contribution < -0.4 is 14.2 Å². The van der Waals surface area contributed by atoms with Gasteiger partial charge in [-0.3, -0.25) is 0 Å². The zero-order chi connectivity index (χ0) is 25.5. The van der Waals surface area contributed by atoms with Crippen molar-refractivity contribution in [3.8, 4) is 22.9 Å². The standard InChI is InChI=1S/C26H24Cl2N4O4/c1-17(2)25-29-30-31-32(25)19-9-11-20(12-10-19)34-13-6-14-35-24-22(27)15-21(16-23(24)28)36-26(33)18-7-4-3-5-8-18/h3-5,7-12,15-17H,6,13-14H2,1-2H3. The molecule has 0 aliphatic carbocycles. The van der Waals surface area contributed by atoms with Gasteiger partial charge in [-0.1, -0.05) is 55.2 Å². The number of carbonyl (C=O) groups excluding carboxylic acids is 1. The SMILES string of the molecule is CC(C)c1nnnn1-c1ccc(OCCCOc2c(Cl)cc(OC(=O)c3ccccc3)cc2Cl)cc1. The van der Waals surface area contributed by atoms with E-state index >= 15 is 0 Å². The quantitative estimate of drug-likeness (QED) is 0.139. The molecule has 3 aromatic carbocycles. The largest absolute Gasteiger partial charge is 0.493 e. The minimum atomic E-state index is -0.500. The summed E-state index contributed by atoms with van der Waals surface area (Å²) in [5, 5.41) is 12.4. The second-order valence-corrected chi connectivity index (χ2v) is 8.93. The number of nitrogens with zero attached hydrogens (tertiary/aromatic N) is 4. The molecule has 0 saturated heterocycles. The lowest BCUT2D eigenvalue weighted by Gasteiger charge is -2.13. The van der Waals surface area contributed by atoms with Crippen LogP contribution in [0.3, 0.4) is 0 Å². The average molecular weight is 527 g/mol. The molecular weight excluding hydrogens is 503 g/mol. The van der Waals surface area contributed by atoms with Gasteiger partial charge in [0.15, 0.2) is 11.6 Å². The van der Waals surface area contributed by atoms with E-state index in [0.717, 1.165) is 17.3 Å². The maximum atomic E-state index is 12.2. The van der Waals surface area contributed by atoms with Crippen molar-refractivity contribution in [1.82, 2.24) is 20.2 Å². The van der Waals surface area contributed by atoms with Crippen LogP contribution in [-0.4, -0.2) is 39.4 Å². The van der Waals surface area contributed by atoms with E-state index in [1.54, 1.807) is 28.9 Å². The summed E-state index contributed by atoms with van der Waals surface area (Å²) in [7, 11) is 0. The third-order valence-electron chi connectivity index (χ3n) is 5.09. The lowest BCUT2D eigenvalue weighted by molar-refractivity contribution is 0.0734. The van der Waals surface area contributed by atoms with Crippen molar-refractivity contribution in [2.24, 2.45) is 0 Å². The number of ether oxygens (including phenoxy) is 3. The summed E-state index contributed by atoms with van der Waals surface area (Å²) in [6, 6.07) is 19.2. The monoisotopic (exact) mass is 526 g/mol. The number of carbonyl (C=O) groups is 1. The van der Waals surface area contributed by atoms with Crippen LogP contribution in [0.5, 0.6) is 17.2 Å². The normalized spacial score (nSPS) is 10.9. The van der Waals surface area contributed by atoms with Crippen molar-refractivity contribution in [3.63, 3.8) is 0 Å². The molecule has 0 fully saturated rings. The maximum absolute atomic E-state index is 12.2. The zero-order valence-corrected chi connectivity index (χ0v) is 21.2. The van der Waals surface area contributed by atoms with Crippen LogP contribution in [-0.2, 0) is 0 Å². The van der Waals surface area contributed by atoms with Crippen molar-refractivity contribution in [1.29, 1.82) is 0 Å². The van der Waals surface area contributed by atoms with E-state index in [9.17, 15) is 4.79 Å². The van der Waals surface area contributed by atoms with Crippen molar-refractivity contribution < 1.29 is 19.0 Å². The molecule has 1 aromatic heterocycles. The molecule has 4 aromatic rings. The Hall–Kier alpha value is -3.62. The first-order chi connectivity index (χ1) is 17.4. The van der Waals surface area contributed by atoms with E-state index in [1.165, 1.54) is 12.1 Å². The summed E-state index contributed by atoms with van der Waals surface area (Å²) in [6.07, 6.45) is 0.601. The molecule has 0 spiro atoms. The van der Waals surface area contributed by atoms with Crippen LogP contribution in [0.25, 0.3) is 5.69 Å². The summed E-state index contributed by atoms with van der Waals surface area (Å²) < 4.78 is 18.6. The Morgan fingerprint density at radius 2 is 1.58 bits per heavy atom. The molecule has 0 atom stereocenters. The van der Waals surface area contributed by atoms with Crippen LogP contribution in [0.4, 0.5) is 0 Å². The number of hydrogen-bond donors (Lipinski definition) is 0. The number of rotatable bonds is 10. The molecular formula is C26H24Cl2N4O4. The number of hydrogen-bond acceptors (Lipinski definition) is 7. The van der Waals surface area contributed by atoms with Crippen molar-refractivity contribution in [3.05, 3.63) is 88.2 Å². The van der Waals surface area contributed by atoms with Gasteiger partial charge in [-0.2, -0.15) is 4.68 Å². The fourth-order valence-electron chi connectivity index (χ4n) is 3.32. The van der Waals surface area contributed by atoms with Gasteiger partial charge in [0.05, 0.1) is 34.5 Å². The number of tetrazole rings is 1. The molecule has 36 heavy (non-hydrogen) atoms. The van der Waals surface area contributed by atoms with Gasteiger partial charge in [-0.15, -0.1) is 5.10 Å². The molecule has 0 amide bonds. The lowest BCUT2D eigenvalue weighted by Crippen LogP contribution is -2.09. The highest BCUT2D eigenvalue weighted by Gasteiger charge is 2.15. The topological polar surface area (TPSA) is 88.4 Å². The Morgan fingerprint density at radius 1 is 0.917 bits per heavy atom. The molecule has 10 heteroatoms. The minimum Gasteiger partial charge on any atom is -0.493 e. The van der Waals surface area contributed by atoms with Gasteiger partial charge in [0, 0.05) is 24.5 Å². The Bertz CT molecular complexity index is 1290. The second-order valence-electron chi connectivity index (χ2n) is 8.12. The van der Waals surface area contributed by atoms with Crippen LogP contribution in [0.15, 0.2) is 66.7 Å². The molecule has 8 nitrogen and oxygen atoms in total. The summed E-state index contributed by atoms with van der Waals surface area (Å²) >= 11 is 12.6. The lowest BCUT2D eigenvalue weighted by atomic mass is 10.2. The van der Waals surface area contributed by atoms with Gasteiger partial charge in [-0.25, -0.2) is 4.79 Å². The molecule has 0 radical (unpaired) electrons. The minimum absolute atomic E-state index is 0.207. The molecule has 0 bridgehead atoms. The van der Waals surface area contributed by atoms with E-state index < -0.39 is 5.97 Å². The number of benzene rings is 3. The Kier molecular flexibility index (Phi) is 8.40. The summed E-state index contributed by atoms with van der Waals surface area (Å²) in [5.41, 5.74) is 1.29. The van der Waals surface area contributed by atoms with E-state index in [1.807, 2.05) is 44.2 Å². The van der Waals surface area contributed by atoms with Crippen molar-refractivity contribution in [2.45, 2.75) is 26.2 Å². The molecule has 4 rings (SSSR count). The van der Waals surface area contributed by atoms with E-state index in [2.05, 4.69) is 15.5 Å². The molecule has 0 saturated carbocycles. The Balaban J connectivity index is 1.25. The number of aromatic nitrogens is 4. The highest BCUT2D eigenvalue weighted by atomic mass is 35.5. The van der Waals surface area contributed by atoms with Gasteiger partial charge < -0.3 is 14.2 Å². The van der Waals surface area contributed by atoms with Gasteiger partial charge in [-0.05, 0) is 46.8 Å². The number of esters is 1. The molecule has 1 heterocycles. The van der Waals surface area contributed by atoms with Gasteiger partial charge in [0.1, 0.15) is 11.5 Å². The van der Waals surface area contributed by atoms with E-state index in [-0.39, 0.29) is 21.7 Å². The van der Waals surface area contributed by atoms with E-state index in [4.69, 9.17) is 37.4 Å². The fraction of sp³-hybridized carbons (Fsp3) is 0.231. The summed E-state index contributed by atoms with van der Waals surface area (Å²) in [4.78, 5) is 12.2.